The average Bonchev–Trinajstić information content (AvgIpc) is 3.21. The maximum atomic E-state index is 12.8. The number of fused-ring (bicyclic) bond motifs is 1. The molecule has 2 saturated heterocycles. The van der Waals surface area contributed by atoms with Gasteiger partial charge in [0.05, 0.1) is 10.6 Å². The molecule has 0 aromatic heterocycles. The van der Waals surface area contributed by atoms with Crippen LogP contribution in [0.25, 0.3) is 0 Å². The second-order valence-electron chi connectivity index (χ2n) is 7.25. The minimum absolute atomic E-state index is 0.134. The summed E-state index contributed by atoms with van der Waals surface area (Å²) >= 11 is 0. The van der Waals surface area contributed by atoms with E-state index < -0.39 is 4.92 Å². The summed E-state index contributed by atoms with van der Waals surface area (Å²) in [6.07, 6.45) is 0.921. The van der Waals surface area contributed by atoms with Crippen molar-refractivity contribution in [2.75, 3.05) is 57.3 Å². The summed E-state index contributed by atoms with van der Waals surface area (Å²) in [6.45, 7) is 4.88. The molecule has 2 fully saturated rings. The number of rotatable bonds is 4. The molecule has 0 saturated carbocycles. The number of nitrogens with one attached hydrogen (secondary N) is 1. The fourth-order valence-electron chi connectivity index (χ4n) is 4.03. The van der Waals surface area contributed by atoms with Gasteiger partial charge in [0, 0.05) is 57.4 Å². The number of ether oxygens (including phenoxy) is 1. The van der Waals surface area contributed by atoms with Crippen LogP contribution < -0.4 is 15.0 Å². The maximum Gasteiger partial charge on any atom is 0.271 e. The molecule has 0 spiro atoms. The lowest BCUT2D eigenvalue weighted by Crippen LogP contribution is -2.50. The predicted octanol–water partition coefficient (Wildman–Crippen LogP) is -0.174. The van der Waals surface area contributed by atoms with Crippen LogP contribution in [0.1, 0.15) is 6.42 Å². The van der Waals surface area contributed by atoms with E-state index in [4.69, 9.17) is 4.74 Å². The van der Waals surface area contributed by atoms with Crippen molar-refractivity contribution in [1.29, 1.82) is 0 Å². The van der Waals surface area contributed by atoms with Crippen LogP contribution in [-0.2, 0) is 9.59 Å². The van der Waals surface area contributed by atoms with Crippen LogP contribution in [0, 0.1) is 10.1 Å². The summed E-state index contributed by atoms with van der Waals surface area (Å²) in [5, 5.41) is 14.4. The summed E-state index contributed by atoms with van der Waals surface area (Å²) in [5.74, 6) is -0.150. The van der Waals surface area contributed by atoms with Gasteiger partial charge in [-0.3, -0.25) is 29.5 Å². The van der Waals surface area contributed by atoms with Gasteiger partial charge in [0.2, 0.25) is 5.91 Å². The Bertz CT molecular complexity index is 795. The third-order valence-electron chi connectivity index (χ3n) is 5.57. The minimum Gasteiger partial charge on any atom is -0.482 e. The van der Waals surface area contributed by atoms with E-state index in [0.29, 0.717) is 24.9 Å². The van der Waals surface area contributed by atoms with E-state index in [0.717, 1.165) is 32.6 Å². The first-order valence-electron chi connectivity index (χ1n) is 9.47. The van der Waals surface area contributed by atoms with Crippen molar-refractivity contribution in [3.8, 4) is 5.75 Å². The van der Waals surface area contributed by atoms with E-state index in [1.54, 1.807) is 4.90 Å². The molecule has 3 aliphatic rings. The molecule has 3 aliphatic heterocycles. The lowest BCUT2D eigenvalue weighted by molar-refractivity contribution is -0.384. The van der Waals surface area contributed by atoms with Crippen molar-refractivity contribution in [3.63, 3.8) is 0 Å². The molecule has 1 aromatic carbocycles. The number of amides is 2. The first kappa shape index (κ1) is 18.6. The lowest BCUT2D eigenvalue weighted by atomic mass is 10.2. The zero-order chi connectivity index (χ0) is 19.7. The van der Waals surface area contributed by atoms with E-state index in [-0.39, 0.29) is 36.3 Å². The van der Waals surface area contributed by atoms with Crippen LogP contribution in [0.2, 0.25) is 0 Å². The van der Waals surface area contributed by atoms with Crippen LogP contribution >= 0.6 is 0 Å². The number of hydrogen-bond acceptors (Lipinski definition) is 7. The molecular formula is C18H23N5O5. The first-order chi connectivity index (χ1) is 13.5. The van der Waals surface area contributed by atoms with Crippen LogP contribution in [0.3, 0.4) is 0 Å². The molecule has 10 nitrogen and oxygen atoms in total. The van der Waals surface area contributed by atoms with Crippen LogP contribution in [0.5, 0.6) is 5.75 Å². The zero-order valence-corrected chi connectivity index (χ0v) is 15.5. The molecular weight excluding hydrogens is 366 g/mol. The highest BCUT2D eigenvalue weighted by atomic mass is 16.6. The number of likely N-dealkylation sites (tertiary alicyclic amines) is 1. The van der Waals surface area contributed by atoms with Gasteiger partial charge in [0.15, 0.2) is 6.61 Å². The normalized spacial score (nSPS) is 22.7. The van der Waals surface area contributed by atoms with Gasteiger partial charge in [0.1, 0.15) is 12.3 Å². The number of benzene rings is 1. The highest BCUT2D eigenvalue weighted by Gasteiger charge is 2.34. The van der Waals surface area contributed by atoms with E-state index in [9.17, 15) is 19.7 Å². The number of anilines is 1. The van der Waals surface area contributed by atoms with Gasteiger partial charge in [-0.25, -0.2) is 0 Å². The molecule has 150 valence electrons. The number of non-ortho nitro benzene ring substituents is 1. The summed E-state index contributed by atoms with van der Waals surface area (Å²) < 4.78 is 5.35. The molecule has 0 bridgehead atoms. The quantitative estimate of drug-likeness (QED) is 0.562. The second kappa shape index (κ2) is 7.72. The first-order valence-corrected chi connectivity index (χ1v) is 9.47. The third-order valence-corrected chi connectivity index (χ3v) is 5.57. The molecule has 1 atom stereocenters. The van der Waals surface area contributed by atoms with Crippen LogP contribution in [0.15, 0.2) is 18.2 Å². The van der Waals surface area contributed by atoms with E-state index in [1.165, 1.54) is 23.1 Å². The topological polar surface area (TPSA) is 108 Å². The number of carbonyl (C=O) groups is 2. The zero-order valence-electron chi connectivity index (χ0n) is 15.5. The summed E-state index contributed by atoms with van der Waals surface area (Å²) in [5.41, 5.74) is 0.131. The number of piperazine rings is 1. The number of hydrogen-bond donors (Lipinski definition) is 1. The van der Waals surface area contributed by atoms with E-state index >= 15 is 0 Å². The number of carbonyl (C=O) groups excluding carboxylic acids is 2. The molecule has 4 rings (SSSR count). The van der Waals surface area contributed by atoms with E-state index in [2.05, 4.69) is 10.2 Å². The second-order valence-corrected chi connectivity index (χ2v) is 7.25. The Hall–Kier alpha value is -2.72. The maximum absolute atomic E-state index is 12.8. The Morgan fingerprint density at radius 1 is 1.29 bits per heavy atom. The monoisotopic (exact) mass is 389 g/mol. The van der Waals surface area contributed by atoms with Crippen molar-refractivity contribution in [1.82, 2.24) is 15.1 Å². The minimum atomic E-state index is -0.530. The highest BCUT2D eigenvalue weighted by Crippen LogP contribution is 2.35. The van der Waals surface area contributed by atoms with Crippen LogP contribution in [-0.4, -0.2) is 85.0 Å². The number of nitrogens with zero attached hydrogens (tertiary/aromatic N) is 4. The van der Waals surface area contributed by atoms with Crippen molar-refractivity contribution in [3.05, 3.63) is 28.3 Å². The number of nitro groups is 1. The molecule has 1 N–H and O–H groups in total. The van der Waals surface area contributed by atoms with Crippen molar-refractivity contribution in [2.24, 2.45) is 0 Å². The lowest BCUT2D eigenvalue weighted by Gasteiger charge is -2.33. The summed E-state index contributed by atoms with van der Waals surface area (Å²) in [6, 6.07) is 4.42. The fourth-order valence-corrected chi connectivity index (χ4v) is 4.03. The van der Waals surface area contributed by atoms with Gasteiger partial charge >= 0.3 is 0 Å². The molecule has 1 aromatic rings. The fraction of sp³-hybridized carbons (Fsp3) is 0.556. The Labute approximate surface area is 162 Å². The Morgan fingerprint density at radius 3 is 2.82 bits per heavy atom. The summed E-state index contributed by atoms with van der Waals surface area (Å²) in [7, 11) is 0. The van der Waals surface area contributed by atoms with Gasteiger partial charge in [-0.2, -0.15) is 0 Å². The standard InChI is InChI=1S/C18H23N5O5/c24-17(21-6-3-14(10-21)20-7-4-19-5-8-20)11-22-15-9-13(23(26)27)1-2-16(15)28-12-18(22)25/h1-2,9,14,19H,3-8,10-12H2. The largest absolute Gasteiger partial charge is 0.482 e. The Balaban J connectivity index is 1.45. The van der Waals surface area contributed by atoms with Gasteiger partial charge in [-0.05, 0) is 12.5 Å². The third kappa shape index (κ3) is 3.65. The Kier molecular flexibility index (Phi) is 5.14. The van der Waals surface area contributed by atoms with Crippen molar-refractivity contribution >= 4 is 23.2 Å². The smallest absolute Gasteiger partial charge is 0.271 e. The molecule has 0 radical (unpaired) electrons. The van der Waals surface area contributed by atoms with Gasteiger partial charge < -0.3 is 15.0 Å². The highest BCUT2D eigenvalue weighted by molar-refractivity contribution is 6.02. The number of nitro benzene ring substituents is 1. The molecule has 2 amide bonds. The van der Waals surface area contributed by atoms with Crippen LogP contribution in [0.4, 0.5) is 11.4 Å². The van der Waals surface area contributed by atoms with Gasteiger partial charge in [0.25, 0.3) is 11.6 Å². The molecule has 1 unspecified atom stereocenters. The van der Waals surface area contributed by atoms with E-state index in [1.807, 2.05) is 0 Å². The van der Waals surface area contributed by atoms with Crippen molar-refractivity contribution in [2.45, 2.75) is 12.5 Å². The molecule has 10 heteroatoms. The average molecular weight is 389 g/mol. The molecule has 28 heavy (non-hydrogen) atoms. The summed E-state index contributed by atoms with van der Waals surface area (Å²) in [4.78, 5) is 41.2. The SMILES string of the molecule is O=C(CN1C(=O)COc2ccc([N+](=O)[O-])cc21)N1CCC(N2CCNCC2)C1. The van der Waals surface area contributed by atoms with Gasteiger partial charge in [-0.1, -0.05) is 0 Å². The van der Waals surface area contributed by atoms with Crippen molar-refractivity contribution < 1.29 is 19.2 Å². The molecule has 3 heterocycles. The van der Waals surface area contributed by atoms with Gasteiger partial charge in [-0.15, -0.1) is 0 Å². The predicted molar refractivity (Wildman–Crippen MR) is 100 cm³/mol. The Morgan fingerprint density at radius 2 is 2.07 bits per heavy atom. The molecule has 0 aliphatic carbocycles.